The normalized spacial score (nSPS) is 20.0. The van der Waals surface area contributed by atoms with Crippen LogP contribution in [0.3, 0.4) is 0 Å². The van der Waals surface area contributed by atoms with Crippen molar-refractivity contribution in [2.45, 2.75) is 24.8 Å². The summed E-state index contributed by atoms with van der Waals surface area (Å²) in [4.78, 5) is 0. The van der Waals surface area contributed by atoms with Gasteiger partial charge in [-0.1, -0.05) is 53.5 Å². The molecular formula is C17H18Cl3N. The van der Waals surface area contributed by atoms with Gasteiger partial charge in [0.1, 0.15) is 0 Å². The van der Waals surface area contributed by atoms with Crippen LogP contribution in [0.25, 0.3) is 0 Å². The first-order chi connectivity index (χ1) is 9.69. The van der Waals surface area contributed by atoms with Gasteiger partial charge >= 0.3 is 0 Å². The van der Waals surface area contributed by atoms with Crippen molar-refractivity contribution in [3.63, 3.8) is 0 Å². The van der Waals surface area contributed by atoms with Crippen molar-refractivity contribution >= 4 is 35.6 Å². The number of halogens is 3. The third-order valence-corrected chi connectivity index (χ3v) is 4.93. The first kappa shape index (κ1) is 16.6. The van der Waals surface area contributed by atoms with Gasteiger partial charge in [-0.2, -0.15) is 0 Å². The molecule has 2 atom stereocenters. The van der Waals surface area contributed by atoms with Crippen LogP contribution in [0.1, 0.15) is 22.6 Å². The van der Waals surface area contributed by atoms with Crippen LogP contribution < -0.4 is 5.32 Å². The highest BCUT2D eigenvalue weighted by molar-refractivity contribution is 6.42. The van der Waals surface area contributed by atoms with E-state index in [4.69, 9.17) is 23.2 Å². The Bertz CT molecular complexity index is 627. The van der Waals surface area contributed by atoms with Crippen molar-refractivity contribution in [2.24, 2.45) is 0 Å². The molecule has 1 N–H and O–H groups in total. The molecule has 4 heteroatoms. The van der Waals surface area contributed by atoms with Gasteiger partial charge in [0, 0.05) is 12.0 Å². The Morgan fingerprint density at radius 3 is 2.57 bits per heavy atom. The summed E-state index contributed by atoms with van der Waals surface area (Å²) < 4.78 is 0. The van der Waals surface area contributed by atoms with E-state index in [1.807, 2.05) is 19.2 Å². The molecule has 2 aromatic carbocycles. The molecule has 0 aliphatic heterocycles. The lowest BCUT2D eigenvalue weighted by Gasteiger charge is -2.20. The fraction of sp³-hybridized carbons (Fsp3) is 0.294. The Hall–Kier alpha value is -0.730. The lowest BCUT2D eigenvalue weighted by molar-refractivity contribution is 0.492. The zero-order valence-electron chi connectivity index (χ0n) is 11.8. The van der Waals surface area contributed by atoms with E-state index in [1.165, 1.54) is 16.7 Å². The quantitative estimate of drug-likeness (QED) is 0.837. The first-order valence-corrected chi connectivity index (χ1v) is 7.63. The van der Waals surface area contributed by atoms with Crippen LogP contribution in [-0.2, 0) is 12.8 Å². The van der Waals surface area contributed by atoms with Gasteiger partial charge in [-0.3, -0.25) is 0 Å². The molecular weight excluding hydrogens is 325 g/mol. The second-order valence-electron chi connectivity index (χ2n) is 5.36. The monoisotopic (exact) mass is 341 g/mol. The second kappa shape index (κ2) is 7.02. The molecule has 1 aliphatic rings. The van der Waals surface area contributed by atoms with E-state index in [0.717, 1.165) is 12.8 Å². The molecule has 0 fully saturated rings. The van der Waals surface area contributed by atoms with Gasteiger partial charge < -0.3 is 5.32 Å². The van der Waals surface area contributed by atoms with Crippen molar-refractivity contribution < 1.29 is 0 Å². The summed E-state index contributed by atoms with van der Waals surface area (Å²) in [7, 11) is 2.04. The molecule has 0 radical (unpaired) electrons. The summed E-state index contributed by atoms with van der Waals surface area (Å²) in [6.45, 7) is 0. The highest BCUT2D eigenvalue weighted by Gasteiger charge is 2.31. The number of hydrogen-bond donors (Lipinski definition) is 1. The Labute approximate surface area is 142 Å². The largest absolute Gasteiger partial charge is 0.316 e. The van der Waals surface area contributed by atoms with E-state index in [-0.39, 0.29) is 12.4 Å². The molecule has 21 heavy (non-hydrogen) atoms. The molecule has 0 spiro atoms. The second-order valence-corrected chi connectivity index (χ2v) is 6.17. The summed E-state index contributed by atoms with van der Waals surface area (Å²) in [5.41, 5.74) is 4.15. The van der Waals surface area contributed by atoms with E-state index < -0.39 is 0 Å². The molecule has 2 aromatic rings. The molecule has 0 saturated carbocycles. The standard InChI is InChI=1S/C17H17Cl2N.ClH/c1-20-17-10-12-4-2-3-5-13(12)14(17)8-11-6-7-15(18)16(19)9-11;/h2-7,9,14,17,20H,8,10H2,1H3;1H. The van der Waals surface area contributed by atoms with Crippen molar-refractivity contribution in [1.82, 2.24) is 5.32 Å². The van der Waals surface area contributed by atoms with Gasteiger partial charge in [0.05, 0.1) is 10.0 Å². The van der Waals surface area contributed by atoms with Crippen molar-refractivity contribution in [3.05, 3.63) is 69.2 Å². The molecule has 3 rings (SSSR count). The molecule has 1 aliphatic carbocycles. The summed E-state index contributed by atoms with van der Waals surface area (Å²) in [6.07, 6.45) is 2.08. The number of hydrogen-bond acceptors (Lipinski definition) is 1. The summed E-state index contributed by atoms with van der Waals surface area (Å²) in [5.74, 6) is 0.494. The third-order valence-electron chi connectivity index (χ3n) is 4.19. The highest BCUT2D eigenvalue weighted by Crippen LogP contribution is 2.36. The Kier molecular flexibility index (Phi) is 5.56. The fourth-order valence-corrected chi connectivity index (χ4v) is 3.47. The molecule has 112 valence electrons. The van der Waals surface area contributed by atoms with Gasteiger partial charge in [-0.25, -0.2) is 0 Å². The van der Waals surface area contributed by atoms with Crippen LogP contribution in [0.4, 0.5) is 0 Å². The Morgan fingerprint density at radius 1 is 1.10 bits per heavy atom. The smallest absolute Gasteiger partial charge is 0.0595 e. The molecule has 1 nitrogen and oxygen atoms in total. The van der Waals surface area contributed by atoms with Crippen LogP contribution >= 0.6 is 35.6 Å². The Balaban J connectivity index is 0.00000161. The predicted molar refractivity (Wildman–Crippen MR) is 93.1 cm³/mol. The van der Waals surface area contributed by atoms with Crippen LogP contribution in [0.5, 0.6) is 0 Å². The van der Waals surface area contributed by atoms with Crippen LogP contribution in [0.15, 0.2) is 42.5 Å². The molecule has 0 aromatic heterocycles. The van der Waals surface area contributed by atoms with Crippen molar-refractivity contribution in [2.75, 3.05) is 7.05 Å². The van der Waals surface area contributed by atoms with Gasteiger partial charge in [-0.05, 0) is 48.7 Å². The fourth-order valence-electron chi connectivity index (χ4n) is 3.15. The number of benzene rings is 2. The van der Waals surface area contributed by atoms with E-state index in [0.29, 0.717) is 22.0 Å². The minimum absolute atomic E-state index is 0. The average molecular weight is 343 g/mol. The number of fused-ring (bicyclic) bond motifs is 1. The maximum absolute atomic E-state index is 6.12. The highest BCUT2D eigenvalue weighted by atomic mass is 35.5. The van der Waals surface area contributed by atoms with E-state index in [1.54, 1.807) is 0 Å². The van der Waals surface area contributed by atoms with E-state index in [9.17, 15) is 0 Å². The van der Waals surface area contributed by atoms with Crippen molar-refractivity contribution in [1.29, 1.82) is 0 Å². The predicted octanol–water partition coefficient (Wildman–Crippen LogP) is 4.89. The maximum atomic E-state index is 6.12. The third kappa shape index (κ3) is 3.37. The van der Waals surface area contributed by atoms with Crippen LogP contribution in [0.2, 0.25) is 10.0 Å². The minimum atomic E-state index is 0. The number of nitrogens with one attached hydrogen (secondary N) is 1. The molecule has 0 heterocycles. The zero-order chi connectivity index (χ0) is 14.1. The van der Waals surface area contributed by atoms with Gasteiger partial charge in [0.15, 0.2) is 0 Å². The van der Waals surface area contributed by atoms with Gasteiger partial charge in [0.2, 0.25) is 0 Å². The van der Waals surface area contributed by atoms with E-state index in [2.05, 4.69) is 35.6 Å². The van der Waals surface area contributed by atoms with Crippen molar-refractivity contribution in [3.8, 4) is 0 Å². The summed E-state index contributed by atoms with van der Waals surface area (Å²) >= 11 is 12.1. The SMILES string of the molecule is CNC1Cc2ccccc2C1Cc1ccc(Cl)c(Cl)c1.Cl. The lowest BCUT2D eigenvalue weighted by atomic mass is 9.91. The maximum Gasteiger partial charge on any atom is 0.0595 e. The van der Waals surface area contributed by atoms with Crippen LogP contribution in [-0.4, -0.2) is 13.1 Å². The van der Waals surface area contributed by atoms with Crippen LogP contribution in [0, 0.1) is 0 Å². The Morgan fingerprint density at radius 2 is 1.86 bits per heavy atom. The average Bonchev–Trinajstić information content (AvgIpc) is 2.81. The minimum Gasteiger partial charge on any atom is -0.316 e. The van der Waals surface area contributed by atoms with Gasteiger partial charge in [-0.15, -0.1) is 12.4 Å². The number of rotatable bonds is 3. The molecule has 0 saturated heterocycles. The molecule has 2 unspecified atom stereocenters. The zero-order valence-corrected chi connectivity index (χ0v) is 14.1. The topological polar surface area (TPSA) is 12.0 Å². The van der Waals surface area contributed by atoms with Gasteiger partial charge in [0.25, 0.3) is 0 Å². The molecule has 0 bridgehead atoms. The first-order valence-electron chi connectivity index (χ1n) is 6.88. The number of likely N-dealkylation sites (N-methyl/N-ethyl adjacent to an activating group) is 1. The summed E-state index contributed by atoms with van der Waals surface area (Å²) in [6, 6.07) is 15.1. The lowest BCUT2D eigenvalue weighted by Crippen LogP contribution is -2.30. The van der Waals surface area contributed by atoms with E-state index >= 15 is 0 Å². The summed E-state index contributed by atoms with van der Waals surface area (Å²) in [5, 5.41) is 4.70. The molecule has 0 amide bonds.